The Kier molecular flexibility index (Phi) is 4.80. The number of rotatable bonds is 3. The molecule has 0 bridgehead atoms. The van der Waals surface area contributed by atoms with Gasteiger partial charge >= 0.3 is 6.03 Å². The van der Waals surface area contributed by atoms with Gasteiger partial charge in [-0.3, -0.25) is 9.69 Å². The average Bonchev–Trinajstić information content (AvgIpc) is 3.08. The van der Waals surface area contributed by atoms with E-state index in [0.29, 0.717) is 32.6 Å². The van der Waals surface area contributed by atoms with Crippen molar-refractivity contribution < 1.29 is 14.0 Å². The first-order chi connectivity index (χ1) is 11.5. The van der Waals surface area contributed by atoms with E-state index in [1.807, 2.05) is 30.9 Å². The number of carbonyl (C=O) groups is 2. The van der Waals surface area contributed by atoms with Gasteiger partial charge in [-0.05, 0) is 26.0 Å². The Bertz CT molecular complexity index is 587. The van der Waals surface area contributed by atoms with Crippen molar-refractivity contribution in [2.45, 2.75) is 32.9 Å². The second kappa shape index (κ2) is 6.84. The SMILES string of the molecule is CC(C)NC(=O)N1CCN(Cc2ccco2)CC2(CNC(=O)C2)C1. The van der Waals surface area contributed by atoms with Gasteiger partial charge in [0.2, 0.25) is 5.91 Å². The van der Waals surface area contributed by atoms with E-state index in [1.165, 1.54) is 0 Å². The zero-order valence-electron chi connectivity index (χ0n) is 14.4. The Labute approximate surface area is 142 Å². The van der Waals surface area contributed by atoms with E-state index >= 15 is 0 Å². The minimum absolute atomic E-state index is 0.0522. The van der Waals surface area contributed by atoms with Crippen molar-refractivity contribution in [3.63, 3.8) is 0 Å². The van der Waals surface area contributed by atoms with E-state index in [-0.39, 0.29) is 23.4 Å². The zero-order valence-corrected chi connectivity index (χ0v) is 14.4. The minimum atomic E-state index is -0.228. The van der Waals surface area contributed by atoms with Crippen molar-refractivity contribution in [1.82, 2.24) is 20.4 Å². The summed E-state index contributed by atoms with van der Waals surface area (Å²) in [6.45, 7) is 8.01. The largest absolute Gasteiger partial charge is 0.468 e. The van der Waals surface area contributed by atoms with Gasteiger partial charge in [0.05, 0.1) is 12.8 Å². The number of nitrogens with zero attached hydrogens (tertiary/aromatic N) is 2. The van der Waals surface area contributed by atoms with Gasteiger partial charge in [0.25, 0.3) is 0 Å². The number of amides is 3. The molecule has 2 aliphatic rings. The smallest absolute Gasteiger partial charge is 0.317 e. The monoisotopic (exact) mass is 334 g/mol. The molecule has 2 saturated heterocycles. The molecule has 1 unspecified atom stereocenters. The second-order valence-electron chi connectivity index (χ2n) is 7.27. The van der Waals surface area contributed by atoms with Gasteiger partial charge in [0.15, 0.2) is 0 Å². The number of nitrogens with one attached hydrogen (secondary N) is 2. The van der Waals surface area contributed by atoms with Gasteiger partial charge in [0, 0.05) is 50.6 Å². The van der Waals surface area contributed by atoms with Crippen LogP contribution in [0.3, 0.4) is 0 Å². The van der Waals surface area contributed by atoms with Crippen LogP contribution in [-0.2, 0) is 11.3 Å². The van der Waals surface area contributed by atoms with Crippen LogP contribution in [0.2, 0.25) is 0 Å². The second-order valence-corrected chi connectivity index (χ2v) is 7.27. The fourth-order valence-corrected chi connectivity index (χ4v) is 3.59. The van der Waals surface area contributed by atoms with Gasteiger partial charge in [-0.25, -0.2) is 4.79 Å². The summed E-state index contributed by atoms with van der Waals surface area (Å²) in [6.07, 6.45) is 2.14. The van der Waals surface area contributed by atoms with Crippen LogP contribution in [0.25, 0.3) is 0 Å². The van der Waals surface area contributed by atoms with E-state index in [2.05, 4.69) is 15.5 Å². The van der Waals surface area contributed by atoms with Crippen LogP contribution < -0.4 is 10.6 Å². The summed E-state index contributed by atoms with van der Waals surface area (Å²) in [4.78, 5) is 28.4. The first kappa shape index (κ1) is 16.8. The van der Waals surface area contributed by atoms with Gasteiger partial charge in [0.1, 0.15) is 5.76 Å². The third-order valence-corrected chi connectivity index (χ3v) is 4.63. The van der Waals surface area contributed by atoms with E-state index < -0.39 is 0 Å². The lowest BCUT2D eigenvalue weighted by atomic mass is 9.86. The lowest BCUT2D eigenvalue weighted by Crippen LogP contribution is -2.48. The predicted octanol–water partition coefficient (Wildman–Crippen LogP) is 1.02. The molecule has 0 aromatic carbocycles. The van der Waals surface area contributed by atoms with Crippen LogP contribution in [-0.4, -0.2) is 60.5 Å². The molecule has 1 atom stereocenters. The summed E-state index contributed by atoms with van der Waals surface area (Å²) >= 11 is 0. The molecule has 3 heterocycles. The Morgan fingerprint density at radius 1 is 1.42 bits per heavy atom. The molecule has 2 aliphatic heterocycles. The van der Waals surface area contributed by atoms with Crippen LogP contribution >= 0.6 is 0 Å². The number of furan rings is 1. The van der Waals surface area contributed by atoms with Crippen LogP contribution in [0, 0.1) is 5.41 Å². The summed E-state index contributed by atoms with van der Waals surface area (Å²) < 4.78 is 5.46. The Hall–Kier alpha value is -2.02. The highest BCUT2D eigenvalue weighted by Gasteiger charge is 2.44. The molecule has 1 aromatic rings. The first-order valence-corrected chi connectivity index (χ1v) is 8.53. The van der Waals surface area contributed by atoms with E-state index in [0.717, 1.165) is 18.8 Å². The molecule has 2 N–H and O–H groups in total. The van der Waals surface area contributed by atoms with Crippen LogP contribution in [0.1, 0.15) is 26.0 Å². The third-order valence-electron chi connectivity index (χ3n) is 4.63. The van der Waals surface area contributed by atoms with Crippen LogP contribution in [0.15, 0.2) is 22.8 Å². The molecular formula is C17H26N4O3. The minimum Gasteiger partial charge on any atom is -0.468 e. The Morgan fingerprint density at radius 3 is 2.88 bits per heavy atom. The zero-order chi connectivity index (χ0) is 17.2. The van der Waals surface area contributed by atoms with Crippen LogP contribution in [0.5, 0.6) is 0 Å². The van der Waals surface area contributed by atoms with E-state index in [1.54, 1.807) is 6.26 Å². The lowest BCUT2D eigenvalue weighted by molar-refractivity contribution is -0.119. The fraction of sp³-hybridized carbons (Fsp3) is 0.647. The molecule has 0 aliphatic carbocycles. The number of hydrogen-bond donors (Lipinski definition) is 2. The van der Waals surface area contributed by atoms with E-state index in [9.17, 15) is 9.59 Å². The molecule has 3 amide bonds. The summed E-state index contributed by atoms with van der Waals surface area (Å²) in [5.74, 6) is 0.974. The number of urea groups is 1. The molecular weight excluding hydrogens is 308 g/mol. The quantitative estimate of drug-likeness (QED) is 0.865. The summed E-state index contributed by atoms with van der Waals surface area (Å²) in [5.41, 5.74) is -0.228. The van der Waals surface area contributed by atoms with Gasteiger partial charge in [-0.1, -0.05) is 0 Å². The molecule has 2 fully saturated rings. The Morgan fingerprint density at radius 2 is 2.25 bits per heavy atom. The molecule has 132 valence electrons. The normalized spacial score (nSPS) is 25.1. The maximum Gasteiger partial charge on any atom is 0.317 e. The molecule has 3 rings (SSSR count). The highest BCUT2D eigenvalue weighted by molar-refractivity contribution is 5.80. The number of carbonyl (C=O) groups excluding carboxylic acids is 2. The van der Waals surface area contributed by atoms with Crippen LogP contribution in [0.4, 0.5) is 4.79 Å². The van der Waals surface area contributed by atoms with Gasteiger partial charge in [-0.2, -0.15) is 0 Å². The van der Waals surface area contributed by atoms with Crippen molar-refractivity contribution in [1.29, 1.82) is 0 Å². The summed E-state index contributed by atoms with van der Waals surface area (Å²) in [6, 6.07) is 3.88. The first-order valence-electron chi connectivity index (χ1n) is 8.53. The molecule has 0 saturated carbocycles. The lowest BCUT2D eigenvalue weighted by Gasteiger charge is -2.32. The molecule has 7 heteroatoms. The molecule has 0 radical (unpaired) electrons. The highest BCUT2D eigenvalue weighted by Crippen LogP contribution is 2.31. The van der Waals surface area contributed by atoms with Crippen molar-refractivity contribution in [3.05, 3.63) is 24.2 Å². The van der Waals surface area contributed by atoms with Crippen molar-refractivity contribution >= 4 is 11.9 Å². The molecule has 1 spiro atoms. The number of hydrogen-bond acceptors (Lipinski definition) is 4. The maximum absolute atomic E-state index is 12.5. The molecule has 24 heavy (non-hydrogen) atoms. The summed E-state index contributed by atoms with van der Waals surface area (Å²) in [7, 11) is 0. The fourth-order valence-electron chi connectivity index (χ4n) is 3.59. The maximum atomic E-state index is 12.5. The van der Waals surface area contributed by atoms with Gasteiger partial charge < -0.3 is 20.0 Å². The predicted molar refractivity (Wildman–Crippen MR) is 89.3 cm³/mol. The Balaban J connectivity index is 1.75. The summed E-state index contributed by atoms with van der Waals surface area (Å²) in [5, 5.41) is 5.90. The molecule has 7 nitrogen and oxygen atoms in total. The third kappa shape index (κ3) is 3.90. The van der Waals surface area contributed by atoms with Crippen molar-refractivity contribution in [2.24, 2.45) is 5.41 Å². The standard InChI is InChI=1S/C17H26N4O3/c1-13(2)19-16(23)21-6-5-20(9-14-4-3-7-24-14)11-17(12-21)8-15(22)18-10-17/h3-4,7,13H,5-6,8-12H2,1-2H3,(H,18,22)(H,19,23). The van der Waals surface area contributed by atoms with Crippen molar-refractivity contribution in [3.8, 4) is 0 Å². The van der Waals surface area contributed by atoms with Gasteiger partial charge in [-0.15, -0.1) is 0 Å². The van der Waals surface area contributed by atoms with Crippen molar-refractivity contribution in [2.75, 3.05) is 32.7 Å². The topological polar surface area (TPSA) is 77.8 Å². The highest BCUT2D eigenvalue weighted by atomic mass is 16.3. The average molecular weight is 334 g/mol. The molecule has 1 aromatic heterocycles. The van der Waals surface area contributed by atoms with E-state index in [4.69, 9.17) is 4.42 Å².